The van der Waals surface area contributed by atoms with Gasteiger partial charge in [0.25, 0.3) is 0 Å². The van der Waals surface area contributed by atoms with E-state index in [9.17, 15) is 17.6 Å². The van der Waals surface area contributed by atoms with Crippen molar-refractivity contribution < 1.29 is 17.6 Å². The molecule has 2 aromatic rings. The van der Waals surface area contributed by atoms with Crippen molar-refractivity contribution in [3.63, 3.8) is 0 Å². The summed E-state index contributed by atoms with van der Waals surface area (Å²) in [4.78, 5) is 3.86. The highest BCUT2D eigenvalue weighted by Crippen LogP contribution is 2.37. The molecule has 2 rings (SSSR count). The first-order valence-electron chi connectivity index (χ1n) is 6.08. The number of pyridine rings is 1. The zero-order valence-corrected chi connectivity index (χ0v) is 11.1. The second-order valence-electron chi connectivity index (χ2n) is 4.46. The molecule has 0 aliphatic rings. The van der Waals surface area contributed by atoms with Gasteiger partial charge in [-0.25, -0.2) is 4.39 Å². The van der Waals surface area contributed by atoms with Crippen molar-refractivity contribution in [3.05, 3.63) is 59.2 Å². The zero-order valence-electron chi connectivity index (χ0n) is 11.1. The van der Waals surface area contributed by atoms with E-state index in [1.54, 1.807) is 0 Å². The average molecular weight is 299 g/mol. The van der Waals surface area contributed by atoms with E-state index in [0.29, 0.717) is 5.56 Å². The van der Waals surface area contributed by atoms with Gasteiger partial charge in [0.15, 0.2) is 0 Å². The molecule has 0 amide bonds. The van der Waals surface area contributed by atoms with E-state index >= 15 is 0 Å². The fraction of sp³-hybridized carbons (Fsp3) is 0.214. The van der Waals surface area contributed by atoms with Gasteiger partial charge in [-0.3, -0.25) is 4.98 Å². The lowest BCUT2D eigenvalue weighted by Crippen LogP contribution is -2.23. The molecule has 0 spiro atoms. The molecule has 112 valence electrons. The van der Waals surface area contributed by atoms with E-state index in [-0.39, 0.29) is 11.3 Å². The van der Waals surface area contributed by atoms with Crippen molar-refractivity contribution in [2.75, 3.05) is 12.8 Å². The minimum atomic E-state index is -4.59. The summed E-state index contributed by atoms with van der Waals surface area (Å²) in [6.45, 7) is 0. The van der Waals surface area contributed by atoms with Gasteiger partial charge in [0, 0.05) is 23.6 Å². The van der Waals surface area contributed by atoms with E-state index in [1.807, 2.05) is 0 Å². The zero-order chi connectivity index (χ0) is 15.6. The number of halogens is 4. The molecule has 0 bridgehead atoms. The number of nitrogens with zero attached hydrogens (tertiary/aromatic N) is 1. The van der Waals surface area contributed by atoms with Crippen LogP contribution in [0.25, 0.3) is 0 Å². The number of anilines is 1. The number of nitrogen functional groups attached to an aromatic ring is 1. The molecular weight excluding hydrogens is 286 g/mol. The lowest BCUT2D eigenvalue weighted by atomic mass is 9.94. The van der Waals surface area contributed by atoms with Crippen molar-refractivity contribution in [2.45, 2.75) is 12.2 Å². The molecule has 1 unspecified atom stereocenters. The Labute approximate surface area is 118 Å². The van der Waals surface area contributed by atoms with Crippen LogP contribution in [0, 0.1) is 5.82 Å². The normalized spacial score (nSPS) is 13.2. The molecule has 0 aliphatic heterocycles. The predicted octanol–water partition coefficient (Wildman–Crippen LogP) is 3.13. The summed E-state index contributed by atoms with van der Waals surface area (Å²) >= 11 is 0. The Hall–Kier alpha value is -2.15. The molecule has 0 aliphatic carbocycles. The van der Waals surface area contributed by atoms with Crippen molar-refractivity contribution >= 4 is 5.69 Å². The first-order valence-corrected chi connectivity index (χ1v) is 6.08. The van der Waals surface area contributed by atoms with E-state index in [4.69, 9.17) is 5.73 Å². The number of hydrogen-bond acceptors (Lipinski definition) is 3. The van der Waals surface area contributed by atoms with Gasteiger partial charge in [0.1, 0.15) is 5.82 Å². The fourth-order valence-electron chi connectivity index (χ4n) is 2.17. The van der Waals surface area contributed by atoms with Crippen molar-refractivity contribution in [2.24, 2.45) is 0 Å². The van der Waals surface area contributed by atoms with Gasteiger partial charge >= 0.3 is 6.18 Å². The Morgan fingerprint density at radius 2 is 1.90 bits per heavy atom. The van der Waals surface area contributed by atoms with Crippen LogP contribution in [0.2, 0.25) is 0 Å². The van der Waals surface area contributed by atoms with Crippen LogP contribution in [0.4, 0.5) is 23.2 Å². The van der Waals surface area contributed by atoms with Gasteiger partial charge in [-0.05, 0) is 36.9 Å². The number of rotatable bonds is 3. The average Bonchev–Trinajstić information content (AvgIpc) is 2.40. The maximum Gasteiger partial charge on any atom is 0.416 e. The van der Waals surface area contributed by atoms with Crippen LogP contribution in [0.5, 0.6) is 0 Å². The molecule has 7 heteroatoms. The third-order valence-electron chi connectivity index (χ3n) is 3.12. The second-order valence-corrected chi connectivity index (χ2v) is 4.46. The van der Waals surface area contributed by atoms with Gasteiger partial charge in [0.2, 0.25) is 0 Å². The first-order chi connectivity index (χ1) is 9.84. The third-order valence-corrected chi connectivity index (χ3v) is 3.12. The van der Waals surface area contributed by atoms with Gasteiger partial charge in [-0.15, -0.1) is 0 Å². The van der Waals surface area contributed by atoms with Crippen LogP contribution in [0.1, 0.15) is 22.7 Å². The van der Waals surface area contributed by atoms with Gasteiger partial charge in [-0.2, -0.15) is 13.2 Å². The molecule has 0 fully saturated rings. The minimum absolute atomic E-state index is 0.232. The Morgan fingerprint density at radius 3 is 2.48 bits per heavy atom. The van der Waals surface area contributed by atoms with E-state index in [0.717, 1.165) is 18.2 Å². The molecule has 21 heavy (non-hydrogen) atoms. The topological polar surface area (TPSA) is 50.9 Å². The molecular formula is C14H13F4N3. The first kappa shape index (κ1) is 15.2. The fourth-order valence-corrected chi connectivity index (χ4v) is 2.17. The summed E-state index contributed by atoms with van der Waals surface area (Å²) in [5, 5.41) is 2.73. The lowest BCUT2D eigenvalue weighted by Gasteiger charge is -2.22. The van der Waals surface area contributed by atoms with Gasteiger partial charge in [0.05, 0.1) is 11.6 Å². The Bertz CT molecular complexity index is 640. The Morgan fingerprint density at radius 1 is 1.19 bits per heavy atom. The summed E-state index contributed by atoms with van der Waals surface area (Å²) < 4.78 is 52.7. The lowest BCUT2D eigenvalue weighted by molar-refractivity contribution is -0.138. The number of benzene rings is 1. The number of alkyl halides is 3. The summed E-state index contributed by atoms with van der Waals surface area (Å²) in [7, 11) is 1.47. The largest absolute Gasteiger partial charge is 0.416 e. The molecule has 0 saturated carbocycles. The van der Waals surface area contributed by atoms with Crippen LogP contribution in [-0.4, -0.2) is 12.0 Å². The van der Waals surface area contributed by atoms with Crippen molar-refractivity contribution in [1.29, 1.82) is 0 Å². The monoisotopic (exact) mass is 299 g/mol. The molecule has 3 N–H and O–H groups in total. The maximum atomic E-state index is 13.4. The van der Waals surface area contributed by atoms with Gasteiger partial charge < -0.3 is 11.1 Å². The standard InChI is InChI=1S/C14H13F4N3/c1-20-13(10-7-21-5-4-12(10)19)9-6-8(15)2-3-11(9)14(16,17)18/h2-7,13,20H,1H3,(H2,19,21). The van der Waals surface area contributed by atoms with Crippen LogP contribution in [0.15, 0.2) is 36.7 Å². The predicted molar refractivity (Wildman–Crippen MR) is 71.0 cm³/mol. The van der Waals surface area contributed by atoms with Crippen molar-refractivity contribution in [1.82, 2.24) is 10.3 Å². The van der Waals surface area contributed by atoms with Gasteiger partial charge in [-0.1, -0.05) is 0 Å². The number of nitrogens with one attached hydrogen (secondary N) is 1. The molecule has 1 atom stereocenters. The molecule has 0 saturated heterocycles. The number of aromatic nitrogens is 1. The molecule has 1 aromatic carbocycles. The summed E-state index contributed by atoms with van der Waals surface area (Å²) in [5.74, 6) is -0.749. The third kappa shape index (κ3) is 3.13. The molecule has 0 radical (unpaired) electrons. The quantitative estimate of drug-likeness (QED) is 0.856. The number of hydrogen-bond donors (Lipinski definition) is 2. The maximum absolute atomic E-state index is 13.4. The van der Waals surface area contributed by atoms with Crippen LogP contribution in [-0.2, 0) is 6.18 Å². The number of nitrogens with two attached hydrogens (primary N) is 1. The van der Waals surface area contributed by atoms with Crippen LogP contribution in [0.3, 0.4) is 0 Å². The Kier molecular flexibility index (Phi) is 4.13. The van der Waals surface area contributed by atoms with E-state index in [1.165, 1.54) is 25.5 Å². The minimum Gasteiger partial charge on any atom is -0.398 e. The second kappa shape index (κ2) is 5.69. The van der Waals surface area contributed by atoms with E-state index in [2.05, 4.69) is 10.3 Å². The highest BCUT2D eigenvalue weighted by molar-refractivity contribution is 5.51. The molecule has 1 heterocycles. The highest BCUT2D eigenvalue weighted by Gasteiger charge is 2.36. The summed E-state index contributed by atoms with van der Waals surface area (Å²) in [6.07, 6.45) is -1.79. The van der Waals surface area contributed by atoms with Crippen molar-refractivity contribution in [3.8, 4) is 0 Å². The Balaban J connectivity index is 2.63. The van der Waals surface area contributed by atoms with Crippen LogP contribution >= 0.6 is 0 Å². The van der Waals surface area contributed by atoms with Crippen LogP contribution < -0.4 is 11.1 Å². The highest BCUT2D eigenvalue weighted by atomic mass is 19.4. The summed E-state index contributed by atoms with van der Waals surface area (Å²) in [5.41, 5.74) is 5.27. The van der Waals surface area contributed by atoms with E-state index < -0.39 is 23.6 Å². The molecule has 3 nitrogen and oxygen atoms in total. The smallest absolute Gasteiger partial charge is 0.398 e. The molecule has 1 aromatic heterocycles. The SMILES string of the molecule is CNC(c1cnccc1N)c1cc(F)ccc1C(F)(F)F. The summed E-state index contributed by atoms with van der Waals surface area (Å²) in [6, 6.07) is 2.93.